The minimum absolute atomic E-state index is 0.115. The molecule has 0 spiro atoms. The summed E-state index contributed by atoms with van der Waals surface area (Å²) < 4.78 is 26.4. The van der Waals surface area contributed by atoms with Gasteiger partial charge in [0, 0.05) is 18.8 Å². The third-order valence-electron chi connectivity index (χ3n) is 2.95. The largest absolute Gasteiger partial charge is 0.393 e. The highest BCUT2D eigenvalue weighted by Gasteiger charge is 2.10. The van der Waals surface area contributed by atoms with Crippen molar-refractivity contribution >= 4 is 0 Å². The van der Waals surface area contributed by atoms with Crippen LogP contribution >= 0.6 is 0 Å². The summed E-state index contributed by atoms with van der Waals surface area (Å²) in [4.78, 5) is 3.98. The first-order valence-electron chi connectivity index (χ1n) is 6.16. The molecule has 2 aromatic rings. The molecule has 19 heavy (non-hydrogen) atoms. The van der Waals surface area contributed by atoms with E-state index in [1.807, 2.05) is 12.1 Å². The van der Waals surface area contributed by atoms with Gasteiger partial charge in [0.05, 0.1) is 6.10 Å². The molecule has 0 saturated carbocycles. The number of aromatic nitrogens is 1. The molecule has 1 heterocycles. The van der Waals surface area contributed by atoms with Crippen molar-refractivity contribution in [3.05, 3.63) is 65.5 Å². The van der Waals surface area contributed by atoms with Crippen LogP contribution in [-0.2, 0) is 12.8 Å². The number of benzene rings is 1. The van der Waals surface area contributed by atoms with Crippen LogP contribution in [0.25, 0.3) is 0 Å². The molecule has 2 rings (SSSR count). The van der Waals surface area contributed by atoms with Crippen LogP contribution in [0.2, 0.25) is 0 Å². The van der Waals surface area contributed by atoms with E-state index in [1.54, 1.807) is 12.4 Å². The van der Waals surface area contributed by atoms with Gasteiger partial charge in [0.15, 0.2) is 0 Å². The lowest BCUT2D eigenvalue weighted by molar-refractivity contribution is 0.164. The van der Waals surface area contributed by atoms with Crippen molar-refractivity contribution < 1.29 is 13.9 Å². The van der Waals surface area contributed by atoms with Crippen LogP contribution in [0.1, 0.15) is 17.5 Å². The van der Waals surface area contributed by atoms with Crippen LogP contribution < -0.4 is 0 Å². The van der Waals surface area contributed by atoms with E-state index in [9.17, 15) is 13.9 Å². The lowest BCUT2D eigenvalue weighted by Crippen LogP contribution is -2.13. The normalized spacial score (nSPS) is 12.4. The van der Waals surface area contributed by atoms with Gasteiger partial charge in [-0.1, -0.05) is 6.07 Å². The van der Waals surface area contributed by atoms with Gasteiger partial charge in [0.25, 0.3) is 0 Å². The molecule has 0 saturated heterocycles. The first-order chi connectivity index (χ1) is 9.15. The van der Waals surface area contributed by atoms with E-state index in [0.717, 1.165) is 23.8 Å². The molecule has 100 valence electrons. The molecule has 0 amide bonds. The first kappa shape index (κ1) is 13.6. The number of pyridine rings is 1. The van der Waals surface area contributed by atoms with Crippen molar-refractivity contribution in [3.63, 3.8) is 0 Å². The molecule has 1 N–H and O–H groups in total. The standard InChI is InChI=1S/C15H15F2NO/c16-13-4-6-15(17)12(8-13)9-14(19)5-3-11-2-1-7-18-10-11/h1-2,4,6-8,10,14,19H,3,5,9H2. The van der Waals surface area contributed by atoms with E-state index in [1.165, 1.54) is 0 Å². The van der Waals surface area contributed by atoms with Gasteiger partial charge >= 0.3 is 0 Å². The number of hydrogen-bond donors (Lipinski definition) is 1. The monoisotopic (exact) mass is 263 g/mol. The van der Waals surface area contributed by atoms with Gasteiger partial charge in [-0.2, -0.15) is 0 Å². The number of aliphatic hydroxyl groups is 1. The Bertz CT molecular complexity index is 531. The summed E-state index contributed by atoms with van der Waals surface area (Å²) in [6.07, 6.45) is 3.98. The Morgan fingerprint density at radius 1 is 1.21 bits per heavy atom. The average Bonchev–Trinajstić information content (AvgIpc) is 2.42. The molecule has 1 atom stereocenters. The maximum atomic E-state index is 13.4. The third-order valence-corrected chi connectivity index (χ3v) is 2.95. The average molecular weight is 263 g/mol. The van der Waals surface area contributed by atoms with E-state index in [0.29, 0.717) is 12.8 Å². The molecule has 0 aliphatic heterocycles. The minimum Gasteiger partial charge on any atom is -0.393 e. The summed E-state index contributed by atoms with van der Waals surface area (Å²) in [7, 11) is 0. The van der Waals surface area contributed by atoms with Crippen LogP contribution in [0.4, 0.5) is 8.78 Å². The molecule has 1 aromatic heterocycles. The number of aliphatic hydroxyl groups excluding tert-OH is 1. The summed E-state index contributed by atoms with van der Waals surface area (Å²) in [5.41, 5.74) is 1.22. The summed E-state index contributed by atoms with van der Waals surface area (Å²) in [6.45, 7) is 0. The van der Waals surface area contributed by atoms with E-state index in [-0.39, 0.29) is 12.0 Å². The number of halogens is 2. The number of nitrogens with zero attached hydrogens (tertiary/aromatic N) is 1. The molecular weight excluding hydrogens is 248 g/mol. The molecule has 0 aliphatic carbocycles. The summed E-state index contributed by atoms with van der Waals surface area (Å²) >= 11 is 0. The van der Waals surface area contributed by atoms with Crippen LogP contribution in [0.5, 0.6) is 0 Å². The fraction of sp³-hybridized carbons (Fsp3) is 0.267. The second kappa shape index (κ2) is 6.38. The Kier molecular flexibility index (Phi) is 4.58. The van der Waals surface area contributed by atoms with Gasteiger partial charge in [0.2, 0.25) is 0 Å². The van der Waals surface area contributed by atoms with E-state index in [4.69, 9.17) is 0 Å². The second-order valence-electron chi connectivity index (χ2n) is 4.49. The quantitative estimate of drug-likeness (QED) is 0.899. The summed E-state index contributed by atoms with van der Waals surface area (Å²) in [5, 5.41) is 9.87. The van der Waals surface area contributed by atoms with E-state index in [2.05, 4.69) is 4.98 Å². The Morgan fingerprint density at radius 2 is 2.05 bits per heavy atom. The van der Waals surface area contributed by atoms with Gasteiger partial charge in [-0.3, -0.25) is 4.98 Å². The first-order valence-corrected chi connectivity index (χ1v) is 6.16. The molecule has 2 nitrogen and oxygen atoms in total. The zero-order valence-electron chi connectivity index (χ0n) is 10.4. The Hall–Kier alpha value is -1.81. The lowest BCUT2D eigenvalue weighted by atomic mass is 10.0. The highest BCUT2D eigenvalue weighted by Crippen LogP contribution is 2.14. The highest BCUT2D eigenvalue weighted by molar-refractivity contribution is 5.19. The number of rotatable bonds is 5. The lowest BCUT2D eigenvalue weighted by Gasteiger charge is -2.11. The van der Waals surface area contributed by atoms with Gasteiger partial charge in [0.1, 0.15) is 11.6 Å². The molecule has 4 heteroatoms. The topological polar surface area (TPSA) is 33.1 Å². The maximum Gasteiger partial charge on any atom is 0.126 e. The molecule has 0 fully saturated rings. The maximum absolute atomic E-state index is 13.4. The Labute approximate surface area is 110 Å². The number of aryl methyl sites for hydroxylation is 1. The third kappa shape index (κ3) is 4.10. The Morgan fingerprint density at radius 3 is 2.79 bits per heavy atom. The summed E-state index contributed by atoms with van der Waals surface area (Å²) in [5.74, 6) is -0.974. The van der Waals surface area contributed by atoms with E-state index >= 15 is 0 Å². The van der Waals surface area contributed by atoms with Crippen LogP contribution in [0.15, 0.2) is 42.7 Å². The number of hydrogen-bond acceptors (Lipinski definition) is 2. The molecular formula is C15H15F2NO. The van der Waals surface area contributed by atoms with Crippen molar-refractivity contribution in [2.45, 2.75) is 25.4 Å². The fourth-order valence-corrected chi connectivity index (χ4v) is 1.93. The van der Waals surface area contributed by atoms with Crippen LogP contribution in [-0.4, -0.2) is 16.2 Å². The molecule has 0 aliphatic rings. The zero-order chi connectivity index (χ0) is 13.7. The van der Waals surface area contributed by atoms with Crippen molar-refractivity contribution in [1.29, 1.82) is 0 Å². The van der Waals surface area contributed by atoms with Gasteiger partial charge in [-0.15, -0.1) is 0 Å². The van der Waals surface area contributed by atoms with Gasteiger partial charge < -0.3 is 5.11 Å². The van der Waals surface area contributed by atoms with Crippen LogP contribution in [0.3, 0.4) is 0 Å². The van der Waals surface area contributed by atoms with Crippen molar-refractivity contribution in [2.75, 3.05) is 0 Å². The predicted octanol–water partition coefficient (Wildman–Crippen LogP) is 2.90. The SMILES string of the molecule is OC(CCc1cccnc1)Cc1cc(F)ccc1F. The molecule has 0 bridgehead atoms. The van der Waals surface area contributed by atoms with Gasteiger partial charge in [-0.05, 0) is 48.2 Å². The minimum atomic E-state index is -0.698. The van der Waals surface area contributed by atoms with Crippen molar-refractivity contribution in [1.82, 2.24) is 4.98 Å². The van der Waals surface area contributed by atoms with Crippen molar-refractivity contribution in [2.24, 2.45) is 0 Å². The fourth-order valence-electron chi connectivity index (χ4n) is 1.93. The van der Waals surface area contributed by atoms with Crippen molar-refractivity contribution in [3.8, 4) is 0 Å². The summed E-state index contributed by atoms with van der Waals surface area (Å²) in [6, 6.07) is 7.03. The molecule has 1 unspecified atom stereocenters. The highest BCUT2D eigenvalue weighted by atomic mass is 19.1. The molecule has 0 radical (unpaired) electrons. The van der Waals surface area contributed by atoms with Crippen LogP contribution in [0, 0.1) is 11.6 Å². The Balaban J connectivity index is 1.90. The molecule has 1 aromatic carbocycles. The van der Waals surface area contributed by atoms with E-state index < -0.39 is 17.7 Å². The van der Waals surface area contributed by atoms with Gasteiger partial charge in [-0.25, -0.2) is 8.78 Å². The second-order valence-corrected chi connectivity index (χ2v) is 4.49. The smallest absolute Gasteiger partial charge is 0.126 e. The predicted molar refractivity (Wildman–Crippen MR) is 68.6 cm³/mol. The zero-order valence-corrected chi connectivity index (χ0v) is 10.4.